The van der Waals surface area contributed by atoms with Crippen molar-refractivity contribution in [2.45, 2.75) is 19.1 Å². The number of fused-ring (bicyclic) bond motifs is 1. The monoisotopic (exact) mass is 355 g/mol. The van der Waals surface area contributed by atoms with Crippen LogP contribution >= 0.6 is 0 Å². The third kappa shape index (κ3) is 3.05. The lowest BCUT2D eigenvalue weighted by Gasteiger charge is -2.25. The number of aliphatic hydroxyl groups excluding tert-OH is 1. The Labute approximate surface area is 148 Å². The van der Waals surface area contributed by atoms with E-state index in [2.05, 4.69) is 25.4 Å². The molecule has 0 saturated carbocycles. The molecule has 0 spiro atoms. The molecule has 1 aliphatic rings. The van der Waals surface area contributed by atoms with Crippen LogP contribution in [-0.2, 0) is 4.74 Å². The average molecular weight is 355 g/mol. The van der Waals surface area contributed by atoms with Gasteiger partial charge in [-0.2, -0.15) is 10.2 Å². The first kappa shape index (κ1) is 16.3. The van der Waals surface area contributed by atoms with E-state index in [9.17, 15) is 5.11 Å². The number of anilines is 2. The van der Waals surface area contributed by atoms with Gasteiger partial charge in [-0.1, -0.05) is 0 Å². The molecule has 4 rings (SSSR count). The molecule has 10 nitrogen and oxygen atoms in total. The van der Waals surface area contributed by atoms with Gasteiger partial charge in [-0.3, -0.25) is 4.68 Å². The molecule has 1 aliphatic heterocycles. The third-order valence-corrected chi connectivity index (χ3v) is 4.04. The van der Waals surface area contributed by atoms with Gasteiger partial charge in [0, 0.05) is 11.6 Å². The molecule has 0 bridgehead atoms. The summed E-state index contributed by atoms with van der Waals surface area (Å²) in [5.74, 6) is 0.737. The summed E-state index contributed by atoms with van der Waals surface area (Å²) in [4.78, 5) is 11.5. The Morgan fingerprint density at radius 2 is 2.42 bits per heavy atom. The van der Waals surface area contributed by atoms with Crippen molar-refractivity contribution in [3.63, 3.8) is 0 Å². The highest BCUT2D eigenvalue weighted by molar-refractivity contribution is 5.78. The van der Waals surface area contributed by atoms with Crippen molar-refractivity contribution in [2.24, 2.45) is 0 Å². The SMILES string of the molecule is CC(CO)n1cc(Nc2ncc3cc(C#N)[nH]c3n2)c(OC2COC2)n1. The Morgan fingerprint density at radius 1 is 1.58 bits per heavy atom. The van der Waals surface area contributed by atoms with E-state index in [0.29, 0.717) is 42.1 Å². The first-order valence-electron chi connectivity index (χ1n) is 8.13. The Morgan fingerprint density at radius 3 is 3.12 bits per heavy atom. The summed E-state index contributed by atoms with van der Waals surface area (Å²) in [6.07, 6.45) is 3.32. The lowest BCUT2D eigenvalue weighted by molar-refractivity contribution is -0.0813. The highest BCUT2D eigenvalue weighted by atomic mass is 16.6. The molecule has 1 atom stereocenters. The molecule has 3 N–H and O–H groups in total. The predicted molar refractivity (Wildman–Crippen MR) is 91.1 cm³/mol. The zero-order valence-electron chi connectivity index (χ0n) is 14.0. The normalized spacial score (nSPS) is 15.4. The molecule has 1 unspecified atom stereocenters. The number of aromatic nitrogens is 5. The summed E-state index contributed by atoms with van der Waals surface area (Å²) < 4.78 is 12.6. The molecule has 3 aromatic heterocycles. The van der Waals surface area contributed by atoms with Crippen molar-refractivity contribution in [2.75, 3.05) is 25.1 Å². The molecule has 0 amide bonds. The summed E-state index contributed by atoms with van der Waals surface area (Å²) in [5.41, 5.74) is 1.57. The number of rotatable bonds is 6. The number of aliphatic hydroxyl groups is 1. The van der Waals surface area contributed by atoms with Crippen molar-refractivity contribution >= 4 is 22.7 Å². The summed E-state index contributed by atoms with van der Waals surface area (Å²) >= 11 is 0. The van der Waals surface area contributed by atoms with E-state index in [4.69, 9.17) is 14.7 Å². The minimum Gasteiger partial charge on any atom is -0.467 e. The van der Waals surface area contributed by atoms with Crippen molar-refractivity contribution in [1.82, 2.24) is 24.7 Å². The maximum Gasteiger partial charge on any atom is 0.257 e. The van der Waals surface area contributed by atoms with E-state index < -0.39 is 0 Å². The van der Waals surface area contributed by atoms with Crippen LogP contribution in [0.4, 0.5) is 11.6 Å². The first-order chi connectivity index (χ1) is 12.7. The van der Waals surface area contributed by atoms with Crippen LogP contribution in [0.3, 0.4) is 0 Å². The van der Waals surface area contributed by atoms with Crippen LogP contribution in [0.25, 0.3) is 11.0 Å². The van der Waals surface area contributed by atoms with E-state index >= 15 is 0 Å². The maximum atomic E-state index is 9.36. The number of ether oxygens (including phenoxy) is 2. The van der Waals surface area contributed by atoms with E-state index in [1.54, 1.807) is 23.1 Å². The smallest absolute Gasteiger partial charge is 0.257 e. The van der Waals surface area contributed by atoms with Crippen LogP contribution < -0.4 is 10.1 Å². The lowest BCUT2D eigenvalue weighted by atomic mass is 10.3. The van der Waals surface area contributed by atoms with E-state index in [-0.39, 0.29) is 18.8 Å². The molecule has 0 aromatic carbocycles. The highest BCUT2D eigenvalue weighted by Crippen LogP contribution is 2.29. The van der Waals surface area contributed by atoms with Gasteiger partial charge in [0.05, 0.1) is 32.1 Å². The molecule has 0 radical (unpaired) electrons. The van der Waals surface area contributed by atoms with E-state index in [1.165, 1.54) is 0 Å². The number of nitrogens with one attached hydrogen (secondary N) is 2. The van der Waals surface area contributed by atoms with Crippen molar-refractivity contribution in [1.29, 1.82) is 5.26 Å². The van der Waals surface area contributed by atoms with Gasteiger partial charge in [-0.05, 0) is 13.0 Å². The molecular formula is C16H17N7O3. The minimum atomic E-state index is -0.199. The molecular weight excluding hydrogens is 338 g/mol. The lowest BCUT2D eigenvalue weighted by Crippen LogP contribution is -2.38. The molecule has 10 heteroatoms. The second-order valence-electron chi connectivity index (χ2n) is 6.05. The quantitative estimate of drug-likeness (QED) is 0.598. The summed E-state index contributed by atoms with van der Waals surface area (Å²) in [5, 5.41) is 26.6. The Balaban J connectivity index is 1.63. The van der Waals surface area contributed by atoms with Crippen LogP contribution in [0, 0.1) is 11.3 Å². The topological polar surface area (TPSA) is 134 Å². The van der Waals surface area contributed by atoms with Crippen molar-refractivity contribution in [3.05, 3.63) is 24.2 Å². The zero-order chi connectivity index (χ0) is 18.1. The van der Waals surface area contributed by atoms with Gasteiger partial charge in [-0.25, -0.2) is 4.98 Å². The standard InChI is InChI=1S/C16H17N7O3/c1-9(6-24)23-5-13(15(22-23)26-12-7-25-8-12)20-16-18-4-10-2-11(3-17)19-14(10)21-16/h2,4-5,9,12,24H,6-8H2,1H3,(H2,18,19,20,21). The molecule has 3 aromatic rings. The average Bonchev–Trinajstić information content (AvgIpc) is 3.20. The fourth-order valence-corrected chi connectivity index (χ4v) is 2.45. The Hall–Kier alpha value is -3.16. The van der Waals surface area contributed by atoms with Crippen molar-refractivity contribution < 1.29 is 14.6 Å². The van der Waals surface area contributed by atoms with Crippen LogP contribution in [0.2, 0.25) is 0 Å². The largest absolute Gasteiger partial charge is 0.467 e. The van der Waals surface area contributed by atoms with Crippen LogP contribution in [0.15, 0.2) is 18.5 Å². The number of nitriles is 1. The van der Waals surface area contributed by atoms with E-state index in [1.807, 2.05) is 13.0 Å². The number of nitrogens with zero attached hydrogens (tertiary/aromatic N) is 5. The summed E-state index contributed by atoms with van der Waals surface area (Å²) in [6.45, 7) is 2.83. The molecule has 0 aliphatic carbocycles. The van der Waals surface area contributed by atoms with Crippen LogP contribution in [-0.4, -0.2) is 55.8 Å². The van der Waals surface area contributed by atoms with Gasteiger partial charge >= 0.3 is 0 Å². The third-order valence-electron chi connectivity index (χ3n) is 4.04. The Kier molecular flexibility index (Phi) is 4.16. The summed E-state index contributed by atoms with van der Waals surface area (Å²) in [6, 6.07) is 3.53. The maximum absolute atomic E-state index is 9.36. The fourth-order valence-electron chi connectivity index (χ4n) is 2.45. The van der Waals surface area contributed by atoms with Gasteiger partial charge in [0.25, 0.3) is 5.88 Å². The number of hydrogen-bond acceptors (Lipinski definition) is 8. The van der Waals surface area contributed by atoms with Crippen molar-refractivity contribution in [3.8, 4) is 11.9 Å². The Bertz CT molecular complexity index is 970. The van der Waals surface area contributed by atoms with Crippen LogP contribution in [0.1, 0.15) is 18.7 Å². The number of aromatic amines is 1. The molecule has 4 heterocycles. The van der Waals surface area contributed by atoms with Gasteiger partial charge in [0.2, 0.25) is 5.95 Å². The predicted octanol–water partition coefficient (Wildman–Crippen LogP) is 1.10. The summed E-state index contributed by atoms with van der Waals surface area (Å²) in [7, 11) is 0. The van der Waals surface area contributed by atoms with Crippen LogP contribution in [0.5, 0.6) is 5.88 Å². The zero-order valence-corrected chi connectivity index (χ0v) is 14.0. The molecule has 134 valence electrons. The van der Waals surface area contributed by atoms with Gasteiger partial charge in [0.1, 0.15) is 29.2 Å². The van der Waals surface area contributed by atoms with Gasteiger partial charge < -0.3 is 24.9 Å². The number of hydrogen-bond donors (Lipinski definition) is 3. The second kappa shape index (κ2) is 6.62. The van der Waals surface area contributed by atoms with E-state index in [0.717, 1.165) is 5.39 Å². The fraction of sp³-hybridized carbons (Fsp3) is 0.375. The van der Waals surface area contributed by atoms with Gasteiger partial charge in [-0.15, -0.1) is 5.10 Å². The minimum absolute atomic E-state index is 0.0467. The second-order valence-corrected chi connectivity index (χ2v) is 6.05. The number of H-pyrrole nitrogens is 1. The molecule has 26 heavy (non-hydrogen) atoms. The molecule has 1 saturated heterocycles. The molecule has 1 fully saturated rings. The highest BCUT2D eigenvalue weighted by Gasteiger charge is 2.24. The first-order valence-corrected chi connectivity index (χ1v) is 8.13. The van der Waals surface area contributed by atoms with Gasteiger partial charge in [0.15, 0.2) is 0 Å².